The van der Waals surface area contributed by atoms with Crippen LogP contribution in [0.1, 0.15) is 52.4 Å². The summed E-state index contributed by atoms with van der Waals surface area (Å²) < 4.78 is 0. The molecule has 0 aromatic carbocycles. The fraction of sp³-hybridized carbons (Fsp3) is 0.941. The largest absolute Gasteiger partial charge is 0.356 e. The van der Waals surface area contributed by atoms with Crippen molar-refractivity contribution >= 4 is 29.9 Å². The number of likely N-dealkylation sites (tertiary alicyclic amines) is 1. The molecule has 130 valence electrons. The van der Waals surface area contributed by atoms with Gasteiger partial charge in [0.05, 0.1) is 0 Å². The number of hydrogen-bond acceptors (Lipinski definition) is 2. The molecule has 4 nitrogen and oxygen atoms in total. The van der Waals surface area contributed by atoms with E-state index >= 15 is 0 Å². The van der Waals surface area contributed by atoms with E-state index in [1.807, 2.05) is 7.05 Å². The van der Waals surface area contributed by atoms with Gasteiger partial charge in [0, 0.05) is 26.7 Å². The van der Waals surface area contributed by atoms with Crippen molar-refractivity contribution in [2.24, 2.45) is 10.4 Å². The number of nitrogens with one attached hydrogen (secondary N) is 1. The summed E-state index contributed by atoms with van der Waals surface area (Å²) in [7, 11) is 1.92. The summed E-state index contributed by atoms with van der Waals surface area (Å²) in [6.07, 6.45) is 8.18. The van der Waals surface area contributed by atoms with Crippen molar-refractivity contribution in [3.63, 3.8) is 0 Å². The third-order valence-corrected chi connectivity index (χ3v) is 5.44. The standard InChI is InChI=1S/C17H34N4.HI/c1-4-20(5-2)13-7-6-12-19-16(18-3)21-14-11-17(15-21)9-8-10-17;/h4-15H2,1-3H3,(H,18,19);1H. The predicted molar refractivity (Wildman–Crippen MR) is 106 cm³/mol. The quantitative estimate of drug-likeness (QED) is 0.296. The van der Waals surface area contributed by atoms with Crippen LogP contribution in [0.25, 0.3) is 0 Å². The van der Waals surface area contributed by atoms with Gasteiger partial charge in [0.25, 0.3) is 0 Å². The van der Waals surface area contributed by atoms with Crippen LogP contribution in [0, 0.1) is 5.41 Å². The molecule has 1 saturated carbocycles. The molecule has 0 bridgehead atoms. The van der Waals surface area contributed by atoms with Crippen LogP contribution in [0.4, 0.5) is 0 Å². The molecule has 0 radical (unpaired) electrons. The maximum absolute atomic E-state index is 4.48. The highest BCUT2D eigenvalue weighted by Gasteiger charge is 2.43. The van der Waals surface area contributed by atoms with Crippen LogP contribution >= 0.6 is 24.0 Å². The molecule has 0 amide bonds. The topological polar surface area (TPSA) is 30.9 Å². The van der Waals surface area contributed by atoms with Gasteiger partial charge >= 0.3 is 0 Å². The summed E-state index contributed by atoms with van der Waals surface area (Å²) in [5, 5.41) is 3.56. The molecule has 1 heterocycles. The molecule has 1 saturated heterocycles. The van der Waals surface area contributed by atoms with E-state index in [0.29, 0.717) is 5.41 Å². The van der Waals surface area contributed by atoms with E-state index in [1.54, 1.807) is 0 Å². The van der Waals surface area contributed by atoms with E-state index in [2.05, 4.69) is 34.0 Å². The Bertz CT molecular complexity index is 338. The fourth-order valence-electron chi connectivity index (χ4n) is 3.73. The Morgan fingerprint density at radius 3 is 2.41 bits per heavy atom. The molecule has 1 aliphatic carbocycles. The molecular weight excluding hydrogens is 387 g/mol. The first-order valence-electron chi connectivity index (χ1n) is 8.91. The van der Waals surface area contributed by atoms with Gasteiger partial charge in [-0.1, -0.05) is 20.3 Å². The number of guanidine groups is 1. The van der Waals surface area contributed by atoms with Crippen LogP contribution in [0.15, 0.2) is 4.99 Å². The summed E-state index contributed by atoms with van der Waals surface area (Å²) in [6.45, 7) is 11.5. The van der Waals surface area contributed by atoms with Crippen molar-refractivity contribution in [3.8, 4) is 0 Å². The van der Waals surface area contributed by atoms with Crippen LogP contribution in [0.2, 0.25) is 0 Å². The molecule has 1 spiro atoms. The van der Waals surface area contributed by atoms with Gasteiger partial charge < -0.3 is 15.1 Å². The molecule has 0 aromatic rings. The second-order valence-electron chi connectivity index (χ2n) is 6.73. The normalized spacial score (nSPS) is 20.2. The highest BCUT2D eigenvalue weighted by Crippen LogP contribution is 2.47. The smallest absolute Gasteiger partial charge is 0.193 e. The summed E-state index contributed by atoms with van der Waals surface area (Å²) in [5.74, 6) is 1.13. The minimum atomic E-state index is 0. The fourth-order valence-corrected chi connectivity index (χ4v) is 3.73. The predicted octanol–water partition coefficient (Wildman–Crippen LogP) is 3.18. The first-order valence-corrected chi connectivity index (χ1v) is 8.91. The van der Waals surface area contributed by atoms with E-state index in [0.717, 1.165) is 12.5 Å². The number of halogens is 1. The maximum Gasteiger partial charge on any atom is 0.193 e. The van der Waals surface area contributed by atoms with E-state index in [4.69, 9.17) is 0 Å². The highest BCUT2D eigenvalue weighted by atomic mass is 127. The summed E-state index contributed by atoms with van der Waals surface area (Å²) in [4.78, 5) is 9.45. The summed E-state index contributed by atoms with van der Waals surface area (Å²) in [5.41, 5.74) is 0.653. The van der Waals surface area contributed by atoms with E-state index in [-0.39, 0.29) is 24.0 Å². The number of rotatable bonds is 7. The van der Waals surface area contributed by atoms with Crippen molar-refractivity contribution in [3.05, 3.63) is 0 Å². The molecule has 0 unspecified atom stereocenters. The Kier molecular flexibility index (Phi) is 9.05. The zero-order chi connectivity index (χ0) is 15.1. The van der Waals surface area contributed by atoms with Gasteiger partial charge in [0.15, 0.2) is 5.96 Å². The molecule has 22 heavy (non-hydrogen) atoms. The minimum absolute atomic E-state index is 0. The Labute approximate surface area is 154 Å². The minimum Gasteiger partial charge on any atom is -0.356 e. The molecule has 5 heteroatoms. The number of nitrogens with zero attached hydrogens (tertiary/aromatic N) is 3. The Balaban J connectivity index is 0.00000242. The molecule has 1 N–H and O–H groups in total. The van der Waals surface area contributed by atoms with Crippen LogP contribution < -0.4 is 5.32 Å². The van der Waals surface area contributed by atoms with E-state index < -0.39 is 0 Å². The average Bonchev–Trinajstić information content (AvgIpc) is 2.92. The van der Waals surface area contributed by atoms with Gasteiger partial charge in [0.1, 0.15) is 0 Å². The number of hydrogen-bond donors (Lipinski definition) is 1. The zero-order valence-corrected chi connectivity index (χ0v) is 17.1. The third-order valence-electron chi connectivity index (χ3n) is 5.44. The van der Waals surface area contributed by atoms with Gasteiger partial charge in [0.2, 0.25) is 0 Å². The summed E-state index contributed by atoms with van der Waals surface area (Å²) >= 11 is 0. The van der Waals surface area contributed by atoms with Gasteiger partial charge in [-0.05, 0) is 57.2 Å². The Morgan fingerprint density at radius 1 is 1.18 bits per heavy atom. The average molecular weight is 422 g/mol. The number of aliphatic imine (C=N–C) groups is 1. The van der Waals surface area contributed by atoms with Crippen LogP contribution in [-0.2, 0) is 0 Å². The second kappa shape index (κ2) is 9.96. The van der Waals surface area contributed by atoms with Crippen LogP contribution in [0.3, 0.4) is 0 Å². The van der Waals surface area contributed by atoms with Crippen molar-refractivity contribution in [2.75, 3.05) is 46.3 Å². The van der Waals surface area contributed by atoms with Gasteiger partial charge in [-0.3, -0.25) is 4.99 Å². The van der Waals surface area contributed by atoms with Crippen molar-refractivity contribution in [1.29, 1.82) is 0 Å². The lowest BCUT2D eigenvalue weighted by Crippen LogP contribution is -2.42. The van der Waals surface area contributed by atoms with E-state index in [1.165, 1.54) is 71.2 Å². The van der Waals surface area contributed by atoms with Gasteiger partial charge in [-0.15, -0.1) is 24.0 Å². The lowest BCUT2D eigenvalue weighted by molar-refractivity contribution is 0.151. The van der Waals surface area contributed by atoms with Gasteiger partial charge in [-0.25, -0.2) is 0 Å². The molecule has 1 aliphatic heterocycles. The maximum atomic E-state index is 4.48. The molecule has 2 fully saturated rings. The SMILES string of the molecule is CCN(CC)CCCCNC(=NC)N1CCC2(CCC2)C1.I. The Hall–Kier alpha value is -0.0400. The van der Waals surface area contributed by atoms with Gasteiger partial charge in [-0.2, -0.15) is 0 Å². The molecule has 0 atom stereocenters. The third kappa shape index (κ3) is 5.25. The number of unbranched alkanes of at least 4 members (excludes halogenated alkanes) is 1. The lowest BCUT2D eigenvalue weighted by Gasteiger charge is -2.38. The summed E-state index contributed by atoms with van der Waals surface area (Å²) in [6, 6.07) is 0. The molecular formula is C17H35IN4. The van der Waals surface area contributed by atoms with Crippen LogP contribution in [-0.4, -0.2) is 62.1 Å². The first-order chi connectivity index (χ1) is 10.2. The first kappa shape index (κ1) is 20.0. The molecule has 0 aromatic heterocycles. The van der Waals surface area contributed by atoms with Crippen molar-refractivity contribution < 1.29 is 0 Å². The second-order valence-corrected chi connectivity index (χ2v) is 6.73. The molecule has 2 rings (SSSR count). The highest BCUT2D eigenvalue weighted by molar-refractivity contribution is 14.0. The monoisotopic (exact) mass is 422 g/mol. The lowest BCUT2D eigenvalue weighted by atomic mass is 9.68. The zero-order valence-electron chi connectivity index (χ0n) is 14.7. The van der Waals surface area contributed by atoms with E-state index in [9.17, 15) is 0 Å². The Morgan fingerprint density at radius 2 is 1.91 bits per heavy atom. The van der Waals surface area contributed by atoms with Crippen molar-refractivity contribution in [1.82, 2.24) is 15.1 Å². The van der Waals surface area contributed by atoms with Crippen molar-refractivity contribution in [2.45, 2.75) is 52.4 Å². The molecule has 2 aliphatic rings. The van der Waals surface area contributed by atoms with Crippen LogP contribution in [0.5, 0.6) is 0 Å².